The van der Waals surface area contributed by atoms with Crippen molar-refractivity contribution in [1.29, 1.82) is 0 Å². The molecule has 1 amide bonds. The van der Waals surface area contributed by atoms with Crippen LogP contribution in [0, 0.1) is 0 Å². The number of para-hydroxylation sites is 1. The lowest BCUT2D eigenvalue weighted by Gasteiger charge is -2.17. The summed E-state index contributed by atoms with van der Waals surface area (Å²) in [6.07, 6.45) is 5.79. The molecule has 0 aliphatic carbocycles. The number of aromatic amines is 1. The van der Waals surface area contributed by atoms with Gasteiger partial charge in [0.1, 0.15) is 6.10 Å². The largest absolute Gasteiger partial charge is 0.471 e. The predicted octanol–water partition coefficient (Wildman–Crippen LogP) is 2.32. The lowest BCUT2D eigenvalue weighted by atomic mass is 10.1. The number of nitrogens with one attached hydrogen (secondary N) is 1. The van der Waals surface area contributed by atoms with E-state index in [4.69, 9.17) is 4.74 Å². The van der Waals surface area contributed by atoms with Gasteiger partial charge >= 0.3 is 0 Å². The molecule has 0 spiro atoms. The highest BCUT2D eigenvalue weighted by molar-refractivity contribution is 6.06. The SMILES string of the molecule is CN(C)c1cncc(O[C@@H]2CCN(C(=O)c3c[nH]c4ccccc34)C2)n1. The fourth-order valence-corrected chi connectivity index (χ4v) is 3.21. The fourth-order valence-electron chi connectivity index (χ4n) is 3.21. The number of rotatable bonds is 4. The molecule has 2 aromatic heterocycles. The molecule has 7 nitrogen and oxygen atoms in total. The molecule has 3 heterocycles. The Balaban J connectivity index is 1.45. The van der Waals surface area contributed by atoms with Gasteiger partial charge in [-0.3, -0.25) is 9.78 Å². The molecule has 1 N–H and O–H groups in total. The molecule has 0 bridgehead atoms. The van der Waals surface area contributed by atoms with Crippen LogP contribution < -0.4 is 9.64 Å². The molecule has 1 saturated heterocycles. The van der Waals surface area contributed by atoms with E-state index in [1.165, 1.54) is 0 Å². The molecular weight excluding hydrogens is 330 g/mol. The lowest BCUT2D eigenvalue weighted by Crippen LogP contribution is -2.31. The Morgan fingerprint density at radius 1 is 1.31 bits per heavy atom. The molecule has 134 valence electrons. The van der Waals surface area contributed by atoms with Crippen LogP contribution in [-0.4, -0.2) is 59.0 Å². The molecule has 26 heavy (non-hydrogen) atoms. The molecule has 1 aromatic carbocycles. The first-order valence-corrected chi connectivity index (χ1v) is 8.63. The number of carbonyl (C=O) groups is 1. The van der Waals surface area contributed by atoms with Gasteiger partial charge in [0.05, 0.1) is 24.5 Å². The van der Waals surface area contributed by atoms with Crippen molar-refractivity contribution < 1.29 is 9.53 Å². The van der Waals surface area contributed by atoms with Crippen molar-refractivity contribution in [3.05, 3.63) is 48.4 Å². The number of aromatic nitrogens is 3. The molecule has 1 aliphatic rings. The van der Waals surface area contributed by atoms with E-state index in [-0.39, 0.29) is 12.0 Å². The van der Waals surface area contributed by atoms with Crippen molar-refractivity contribution in [3.63, 3.8) is 0 Å². The third kappa shape index (κ3) is 3.08. The van der Waals surface area contributed by atoms with Crippen molar-refractivity contribution in [2.75, 3.05) is 32.1 Å². The minimum Gasteiger partial charge on any atom is -0.471 e. The number of nitrogens with zero attached hydrogens (tertiary/aromatic N) is 4. The van der Waals surface area contributed by atoms with Crippen LogP contribution in [0.4, 0.5) is 5.82 Å². The third-order valence-corrected chi connectivity index (χ3v) is 4.60. The van der Waals surface area contributed by atoms with Crippen molar-refractivity contribution in [2.24, 2.45) is 0 Å². The van der Waals surface area contributed by atoms with Crippen molar-refractivity contribution in [3.8, 4) is 5.88 Å². The maximum atomic E-state index is 12.9. The van der Waals surface area contributed by atoms with E-state index in [1.54, 1.807) is 18.6 Å². The summed E-state index contributed by atoms with van der Waals surface area (Å²) in [6, 6.07) is 7.83. The summed E-state index contributed by atoms with van der Waals surface area (Å²) in [7, 11) is 3.82. The number of hydrogen-bond donors (Lipinski definition) is 1. The Labute approximate surface area is 151 Å². The van der Waals surface area contributed by atoms with Gasteiger partial charge in [0.25, 0.3) is 5.91 Å². The van der Waals surface area contributed by atoms with Crippen LogP contribution >= 0.6 is 0 Å². The van der Waals surface area contributed by atoms with Gasteiger partial charge in [0.15, 0.2) is 5.82 Å². The highest BCUT2D eigenvalue weighted by Gasteiger charge is 2.29. The van der Waals surface area contributed by atoms with Crippen molar-refractivity contribution in [1.82, 2.24) is 19.9 Å². The van der Waals surface area contributed by atoms with Crippen LogP contribution in [0.15, 0.2) is 42.9 Å². The topological polar surface area (TPSA) is 74.3 Å². The molecular formula is C19H21N5O2. The van der Waals surface area contributed by atoms with E-state index in [1.807, 2.05) is 48.2 Å². The maximum absolute atomic E-state index is 12.9. The number of hydrogen-bond acceptors (Lipinski definition) is 5. The van der Waals surface area contributed by atoms with E-state index >= 15 is 0 Å². The number of fused-ring (bicyclic) bond motifs is 1. The smallest absolute Gasteiger partial charge is 0.256 e. The molecule has 1 fully saturated rings. The van der Waals surface area contributed by atoms with Gasteiger partial charge in [-0.05, 0) is 6.07 Å². The summed E-state index contributed by atoms with van der Waals surface area (Å²) in [4.78, 5) is 28.3. The highest BCUT2D eigenvalue weighted by Crippen LogP contribution is 2.23. The van der Waals surface area contributed by atoms with Crippen molar-refractivity contribution in [2.45, 2.75) is 12.5 Å². The summed E-state index contributed by atoms with van der Waals surface area (Å²) >= 11 is 0. The number of anilines is 1. The molecule has 1 aliphatic heterocycles. The number of amides is 1. The van der Waals surface area contributed by atoms with Crippen LogP contribution in [0.1, 0.15) is 16.8 Å². The second-order valence-electron chi connectivity index (χ2n) is 6.64. The van der Waals surface area contributed by atoms with Crippen LogP contribution in [0.2, 0.25) is 0 Å². The zero-order valence-corrected chi connectivity index (χ0v) is 14.8. The first-order chi connectivity index (χ1) is 12.6. The first kappa shape index (κ1) is 16.4. The normalized spacial score (nSPS) is 16.8. The number of benzene rings is 1. The lowest BCUT2D eigenvalue weighted by molar-refractivity contribution is 0.0773. The van der Waals surface area contributed by atoms with Crippen LogP contribution in [0.3, 0.4) is 0 Å². The standard InChI is InChI=1S/C19H21N5O2/c1-23(2)17-10-20-11-18(22-17)26-13-7-8-24(12-13)19(25)15-9-21-16-6-4-3-5-14(15)16/h3-6,9-11,13,21H,7-8,12H2,1-2H3/t13-/m1/s1. The Hall–Kier alpha value is -3.09. The minimum absolute atomic E-state index is 0.0293. The minimum atomic E-state index is -0.0733. The van der Waals surface area contributed by atoms with Gasteiger partial charge < -0.3 is 19.5 Å². The number of ether oxygens (including phenoxy) is 1. The average Bonchev–Trinajstić information content (AvgIpc) is 3.28. The second kappa shape index (κ2) is 6.67. The summed E-state index contributed by atoms with van der Waals surface area (Å²) in [6.45, 7) is 1.22. The Morgan fingerprint density at radius 2 is 2.15 bits per heavy atom. The van der Waals surface area contributed by atoms with E-state index in [9.17, 15) is 4.79 Å². The van der Waals surface area contributed by atoms with Crippen LogP contribution in [-0.2, 0) is 0 Å². The monoisotopic (exact) mass is 351 g/mol. The van der Waals surface area contributed by atoms with E-state index in [0.717, 1.165) is 23.1 Å². The Kier molecular flexibility index (Phi) is 4.20. The quantitative estimate of drug-likeness (QED) is 0.781. The summed E-state index contributed by atoms with van der Waals surface area (Å²) in [5.41, 5.74) is 1.68. The molecule has 3 aromatic rings. The molecule has 1 atom stereocenters. The highest BCUT2D eigenvalue weighted by atomic mass is 16.5. The molecule has 0 radical (unpaired) electrons. The number of carbonyl (C=O) groups excluding carboxylic acids is 1. The van der Waals surface area contributed by atoms with Gasteiger partial charge in [-0.2, -0.15) is 4.98 Å². The molecule has 4 rings (SSSR count). The Bertz CT molecular complexity index is 936. The van der Waals surface area contributed by atoms with Gasteiger partial charge in [0, 0.05) is 44.2 Å². The molecule has 7 heteroatoms. The van der Waals surface area contributed by atoms with Crippen LogP contribution in [0.5, 0.6) is 5.88 Å². The third-order valence-electron chi connectivity index (χ3n) is 4.60. The van der Waals surface area contributed by atoms with Crippen molar-refractivity contribution >= 4 is 22.6 Å². The van der Waals surface area contributed by atoms with Gasteiger partial charge in [0.2, 0.25) is 5.88 Å². The predicted molar refractivity (Wildman–Crippen MR) is 99.6 cm³/mol. The van der Waals surface area contributed by atoms with Crippen LogP contribution in [0.25, 0.3) is 10.9 Å². The summed E-state index contributed by atoms with van der Waals surface area (Å²) in [5.74, 6) is 1.26. The summed E-state index contributed by atoms with van der Waals surface area (Å²) in [5, 5.41) is 0.950. The van der Waals surface area contributed by atoms with E-state index < -0.39 is 0 Å². The zero-order chi connectivity index (χ0) is 18.1. The number of H-pyrrole nitrogens is 1. The van der Waals surface area contributed by atoms with E-state index in [0.29, 0.717) is 24.5 Å². The molecule has 0 saturated carbocycles. The Morgan fingerprint density at radius 3 is 3.00 bits per heavy atom. The summed E-state index contributed by atoms with van der Waals surface area (Å²) < 4.78 is 5.95. The number of likely N-dealkylation sites (tertiary alicyclic amines) is 1. The van der Waals surface area contributed by atoms with E-state index in [2.05, 4.69) is 15.0 Å². The molecule has 0 unspecified atom stereocenters. The van der Waals surface area contributed by atoms with Gasteiger partial charge in [-0.25, -0.2) is 0 Å². The maximum Gasteiger partial charge on any atom is 0.256 e. The van der Waals surface area contributed by atoms with Gasteiger partial charge in [-0.15, -0.1) is 0 Å². The second-order valence-corrected chi connectivity index (χ2v) is 6.64. The fraction of sp³-hybridized carbons (Fsp3) is 0.316. The van der Waals surface area contributed by atoms with Gasteiger partial charge in [-0.1, -0.05) is 18.2 Å². The first-order valence-electron chi connectivity index (χ1n) is 8.63. The zero-order valence-electron chi connectivity index (χ0n) is 14.8. The average molecular weight is 351 g/mol.